The van der Waals surface area contributed by atoms with Crippen molar-refractivity contribution in [2.75, 3.05) is 26.9 Å². The topological polar surface area (TPSA) is 67.8 Å². The third-order valence-electron chi connectivity index (χ3n) is 2.02. The van der Waals surface area contributed by atoms with E-state index in [2.05, 4.69) is 5.32 Å². The number of hydrogen-bond donors (Lipinski definition) is 2. The molecule has 0 spiro atoms. The summed E-state index contributed by atoms with van der Waals surface area (Å²) in [5, 5.41) is 11.9. The van der Waals surface area contributed by atoms with Crippen molar-refractivity contribution in [3.63, 3.8) is 0 Å². The van der Waals surface area contributed by atoms with Crippen LogP contribution in [0.5, 0.6) is 0 Å². The van der Waals surface area contributed by atoms with Crippen LogP contribution in [0.15, 0.2) is 0 Å². The third-order valence-corrected chi connectivity index (χ3v) is 2.02. The Balaban J connectivity index is 3.57. The fourth-order valence-electron chi connectivity index (χ4n) is 1.29. The van der Waals surface area contributed by atoms with Crippen LogP contribution in [0.3, 0.4) is 0 Å². The van der Waals surface area contributed by atoms with Crippen molar-refractivity contribution < 1.29 is 19.4 Å². The van der Waals surface area contributed by atoms with Gasteiger partial charge in [0.05, 0.1) is 0 Å². The number of ether oxygens (including phenoxy) is 2. The Morgan fingerprint density at radius 1 is 1.31 bits per heavy atom. The van der Waals surface area contributed by atoms with E-state index in [0.717, 1.165) is 6.42 Å². The summed E-state index contributed by atoms with van der Waals surface area (Å²) in [6, 6.07) is -0.364. The zero-order chi connectivity index (χ0) is 12.4. The normalized spacial score (nSPS) is 13.0. The molecule has 0 aliphatic carbocycles. The lowest BCUT2D eigenvalue weighted by Gasteiger charge is -2.17. The van der Waals surface area contributed by atoms with Crippen molar-refractivity contribution >= 4 is 5.97 Å². The van der Waals surface area contributed by atoms with Crippen LogP contribution in [0.4, 0.5) is 0 Å². The van der Waals surface area contributed by atoms with Crippen LogP contribution >= 0.6 is 0 Å². The van der Waals surface area contributed by atoms with Crippen molar-refractivity contribution in [2.45, 2.75) is 38.8 Å². The Kier molecular flexibility index (Phi) is 9.18. The molecule has 0 aromatic heterocycles. The highest BCUT2D eigenvalue weighted by Gasteiger charge is 2.17. The molecule has 96 valence electrons. The number of aliphatic carboxylic acids is 1. The first-order valence-electron chi connectivity index (χ1n) is 5.63. The Morgan fingerprint density at radius 3 is 2.50 bits per heavy atom. The molecule has 0 aliphatic rings. The molecular weight excluding hydrogens is 210 g/mol. The average Bonchev–Trinajstić information content (AvgIpc) is 2.20. The number of rotatable bonds is 10. The highest BCUT2D eigenvalue weighted by atomic mass is 16.5. The first-order valence-corrected chi connectivity index (χ1v) is 5.63. The Bertz CT molecular complexity index is 185. The zero-order valence-electron chi connectivity index (χ0n) is 10.4. The summed E-state index contributed by atoms with van der Waals surface area (Å²) in [6.45, 7) is 5.60. The van der Waals surface area contributed by atoms with Gasteiger partial charge in [-0.05, 0) is 12.8 Å². The summed E-state index contributed by atoms with van der Waals surface area (Å²) in [5.74, 6) is -0.825. The van der Waals surface area contributed by atoms with E-state index in [0.29, 0.717) is 26.2 Å². The molecule has 0 aromatic rings. The highest BCUT2D eigenvalue weighted by molar-refractivity contribution is 5.73. The molecular formula is C11H23NO4. The second kappa shape index (κ2) is 9.57. The van der Waals surface area contributed by atoms with E-state index < -0.39 is 12.0 Å². The van der Waals surface area contributed by atoms with Gasteiger partial charge >= 0.3 is 5.97 Å². The van der Waals surface area contributed by atoms with Gasteiger partial charge in [-0.25, -0.2) is 0 Å². The van der Waals surface area contributed by atoms with Gasteiger partial charge in [0.1, 0.15) is 6.04 Å². The van der Waals surface area contributed by atoms with Crippen LogP contribution in [0.25, 0.3) is 0 Å². The van der Waals surface area contributed by atoms with Crippen molar-refractivity contribution in [3.05, 3.63) is 0 Å². The van der Waals surface area contributed by atoms with E-state index in [-0.39, 0.29) is 6.04 Å². The maximum Gasteiger partial charge on any atom is 0.320 e. The van der Waals surface area contributed by atoms with Crippen LogP contribution in [0.1, 0.15) is 26.7 Å². The zero-order valence-corrected chi connectivity index (χ0v) is 10.4. The van der Waals surface area contributed by atoms with Gasteiger partial charge in [-0.3, -0.25) is 4.79 Å². The maximum atomic E-state index is 10.9. The van der Waals surface area contributed by atoms with Gasteiger partial charge < -0.3 is 19.9 Å². The first kappa shape index (κ1) is 15.3. The minimum atomic E-state index is -0.825. The summed E-state index contributed by atoms with van der Waals surface area (Å²) in [7, 11) is 1.65. The lowest BCUT2D eigenvalue weighted by atomic mass is 10.2. The Hall–Kier alpha value is -0.650. The number of carbonyl (C=O) groups is 1. The van der Waals surface area contributed by atoms with E-state index in [1.54, 1.807) is 7.11 Å². The molecule has 0 heterocycles. The van der Waals surface area contributed by atoms with Crippen LogP contribution in [-0.2, 0) is 14.3 Å². The molecule has 5 heteroatoms. The number of carboxylic acid groups (broad SMARTS) is 1. The maximum absolute atomic E-state index is 10.9. The van der Waals surface area contributed by atoms with Gasteiger partial charge in [0.25, 0.3) is 0 Å². The molecule has 1 atom stereocenters. The molecule has 5 nitrogen and oxygen atoms in total. The first-order chi connectivity index (χ1) is 7.57. The largest absolute Gasteiger partial charge is 0.480 e. The van der Waals surface area contributed by atoms with Crippen molar-refractivity contribution in [3.8, 4) is 0 Å². The Morgan fingerprint density at radius 2 is 2.00 bits per heavy atom. The summed E-state index contributed by atoms with van der Waals surface area (Å²) >= 11 is 0. The number of nitrogens with one attached hydrogen (secondary N) is 1. The molecule has 16 heavy (non-hydrogen) atoms. The number of carboxylic acids is 1. The van der Waals surface area contributed by atoms with Gasteiger partial charge in [0.15, 0.2) is 0 Å². The average molecular weight is 233 g/mol. The summed E-state index contributed by atoms with van der Waals surface area (Å²) in [4.78, 5) is 10.9. The van der Waals surface area contributed by atoms with Gasteiger partial charge in [0.2, 0.25) is 0 Å². The smallest absolute Gasteiger partial charge is 0.320 e. The molecule has 0 fully saturated rings. The third kappa shape index (κ3) is 8.64. The fraction of sp³-hybridized carbons (Fsp3) is 0.909. The molecule has 0 aromatic carbocycles. The second-order valence-corrected chi connectivity index (χ2v) is 3.96. The van der Waals surface area contributed by atoms with Crippen molar-refractivity contribution in [1.82, 2.24) is 5.32 Å². The van der Waals surface area contributed by atoms with Gasteiger partial charge in [-0.1, -0.05) is 13.8 Å². The van der Waals surface area contributed by atoms with Crippen LogP contribution in [0.2, 0.25) is 0 Å². The molecule has 2 N–H and O–H groups in total. The summed E-state index contributed by atoms with van der Waals surface area (Å²) < 4.78 is 10.2. The molecule has 0 saturated heterocycles. The number of methoxy groups -OCH3 is 1. The monoisotopic (exact) mass is 233 g/mol. The summed E-state index contributed by atoms with van der Waals surface area (Å²) in [5.41, 5.74) is 0. The quantitative estimate of drug-likeness (QED) is 0.548. The predicted octanol–water partition coefficient (Wildman–Crippen LogP) is 0.881. The molecule has 0 rings (SSSR count). The predicted molar refractivity (Wildman–Crippen MR) is 61.6 cm³/mol. The van der Waals surface area contributed by atoms with Gasteiger partial charge in [-0.15, -0.1) is 0 Å². The molecule has 1 unspecified atom stereocenters. The fourth-order valence-corrected chi connectivity index (χ4v) is 1.29. The van der Waals surface area contributed by atoms with E-state index >= 15 is 0 Å². The lowest BCUT2D eigenvalue weighted by Crippen LogP contribution is -2.41. The number of hydrogen-bond acceptors (Lipinski definition) is 4. The second-order valence-electron chi connectivity index (χ2n) is 3.96. The minimum Gasteiger partial charge on any atom is -0.480 e. The minimum absolute atomic E-state index is 0.162. The molecule has 0 saturated carbocycles. The molecule has 0 bridgehead atoms. The van der Waals surface area contributed by atoms with E-state index in [1.165, 1.54) is 0 Å². The lowest BCUT2D eigenvalue weighted by molar-refractivity contribution is -0.140. The molecule has 0 amide bonds. The van der Waals surface area contributed by atoms with E-state index in [4.69, 9.17) is 14.6 Å². The van der Waals surface area contributed by atoms with Crippen LogP contribution in [0, 0.1) is 0 Å². The summed E-state index contributed by atoms with van der Waals surface area (Å²) in [6.07, 6.45) is 1.33. The Labute approximate surface area is 97.1 Å². The molecule has 0 aliphatic heterocycles. The van der Waals surface area contributed by atoms with Crippen LogP contribution < -0.4 is 5.32 Å². The van der Waals surface area contributed by atoms with Gasteiger partial charge in [0, 0.05) is 33.0 Å². The van der Waals surface area contributed by atoms with E-state index in [1.807, 2.05) is 13.8 Å². The van der Waals surface area contributed by atoms with Gasteiger partial charge in [-0.2, -0.15) is 0 Å². The van der Waals surface area contributed by atoms with Crippen molar-refractivity contribution in [2.24, 2.45) is 0 Å². The SMILES string of the molecule is COCCCOCCC(NC(C)C)C(=O)O. The van der Waals surface area contributed by atoms with E-state index in [9.17, 15) is 4.79 Å². The van der Waals surface area contributed by atoms with Crippen molar-refractivity contribution in [1.29, 1.82) is 0 Å². The molecule has 0 radical (unpaired) electrons. The van der Waals surface area contributed by atoms with Crippen LogP contribution in [-0.4, -0.2) is 50.1 Å². The highest BCUT2D eigenvalue weighted by Crippen LogP contribution is 1.96. The standard InChI is InChI=1S/C11H23NO4/c1-9(2)12-10(11(13)14)5-8-16-7-4-6-15-3/h9-10,12H,4-8H2,1-3H3,(H,13,14).